The van der Waals surface area contributed by atoms with Gasteiger partial charge in [-0.15, -0.1) is 0 Å². The van der Waals surface area contributed by atoms with E-state index in [9.17, 15) is 21.6 Å². The van der Waals surface area contributed by atoms with Crippen molar-refractivity contribution in [2.45, 2.75) is 11.9 Å². The minimum Gasteiger partial charge on any atom is -0.273 e. The number of hydrogen-bond acceptors (Lipinski definition) is 3. The first-order chi connectivity index (χ1) is 11.1. The summed E-state index contributed by atoms with van der Waals surface area (Å²) in [6.07, 6.45) is -4.53. The van der Waals surface area contributed by atoms with E-state index in [1.54, 1.807) is 0 Å². The first kappa shape index (κ1) is 17.8. The molecule has 2 aromatic carbocycles. The van der Waals surface area contributed by atoms with Gasteiger partial charge < -0.3 is 0 Å². The van der Waals surface area contributed by atoms with Crippen molar-refractivity contribution in [2.24, 2.45) is 0 Å². The van der Waals surface area contributed by atoms with Crippen molar-refractivity contribution in [3.8, 4) is 6.07 Å². The third-order valence-electron chi connectivity index (χ3n) is 3.36. The molecule has 0 spiro atoms. The minimum atomic E-state index is -4.53. The fourth-order valence-electron chi connectivity index (χ4n) is 2.08. The van der Waals surface area contributed by atoms with Crippen molar-refractivity contribution in [3.63, 3.8) is 0 Å². The molecule has 0 saturated heterocycles. The van der Waals surface area contributed by atoms with Gasteiger partial charge in [-0.25, -0.2) is 8.42 Å². The number of rotatable bonds is 4. The molecule has 2 rings (SSSR count). The van der Waals surface area contributed by atoms with Crippen LogP contribution in [0.15, 0.2) is 48.5 Å². The Hall–Kier alpha value is -2.53. The van der Waals surface area contributed by atoms with E-state index >= 15 is 0 Å². The molecule has 0 fully saturated rings. The molecule has 0 bridgehead atoms. The van der Waals surface area contributed by atoms with E-state index < -0.39 is 27.5 Å². The number of benzene rings is 2. The first-order valence-corrected chi connectivity index (χ1v) is 8.37. The highest BCUT2D eigenvalue weighted by Crippen LogP contribution is 2.30. The number of nitrogens with zero attached hydrogens (tertiary/aromatic N) is 2. The molecule has 4 nitrogen and oxygen atoms in total. The van der Waals surface area contributed by atoms with Crippen LogP contribution in [0.3, 0.4) is 0 Å². The zero-order valence-corrected chi connectivity index (χ0v) is 13.4. The van der Waals surface area contributed by atoms with Gasteiger partial charge >= 0.3 is 6.18 Å². The molecule has 0 atom stereocenters. The second kappa shape index (κ2) is 6.53. The number of anilines is 1. The van der Waals surface area contributed by atoms with Crippen LogP contribution in [-0.4, -0.2) is 15.5 Å². The number of halogens is 3. The smallest absolute Gasteiger partial charge is 0.273 e. The zero-order valence-electron chi connectivity index (χ0n) is 12.6. The van der Waals surface area contributed by atoms with Gasteiger partial charge in [-0.3, -0.25) is 4.31 Å². The number of hydrogen-bond donors (Lipinski definition) is 0. The number of sulfonamides is 1. The molecule has 24 heavy (non-hydrogen) atoms. The Kier molecular flexibility index (Phi) is 4.85. The molecule has 0 aliphatic rings. The fourth-order valence-corrected chi connectivity index (χ4v) is 3.31. The molecule has 0 N–H and O–H groups in total. The summed E-state index contributed by atoms with van der Waals surface area (Å²) in [5.74, 6) is -0.579. The van der Waals surface area contributed by atoms with Crippen LogP contribution in [0.1, 0.15) is 16.7 Å². The maximum absolute atomic E-state index is 12.7. The molecule has 126 valence electrons. The molecule has 0 aromatic heterocycles. The van der Waals surface area contributed by atoms with Crippen LogP contribution >= 0.6 is 0 Å². The second-order valence-electron chi connectivity index (χ2n) is 5.08. The van der Waals surface area contributed by atoms with Gasteiger partial charge in [-0.2, -0.15) is 18.4 Å². The largest absolute Gasteiger partial charge is 0.416 e. The van der Waals surface area contributed by atoms with Gasteiger partial charge in [0.05, 0.1) is 28.6 Å². The molecule has 0 amide bonds. The predicted octanol–water partition coefficient (Wildman–Crippen LogP) is 3.54. The molecule has 0 radical (unpaired) electrons. The molecule has 0 aliphatic carbocycles. The fraction of sp³-hybridized carbons (Fsp3) is 0.188. The second-order valence-corrected chi connectivity index (χ2v) is 7.08. The topological polar surface area (TPSA) is 61.2 Å². The van der Waals surface area contributed by atoms with E-state index in [1.165, 1.54) is 43.4 Å². The van der Waals surface area contributed by atoms with Crippen LogP contribution in [-0.2, 0) is 22.0 Å². The SMILES string of the molecule is CN(c1cccc(C#N)c1)S(=O)(=O)Cc1cccc(C(F)(F)F)c1. The summed E-state index contributed by atoms with van der Waals surface area (Å²) in [7, 11) is -2.61. The molecule has 2 aromatic rings. The lowest BCUT2D eigenvalue weighted by Gasteiger charge is -2.20. The normalized spacial score (nSPS) is 11.8. The first-order valence-electron chi connectivity index (χ1n) is 6.76. The van der Waals surface area contributed by atoms with Crippen LogP contribution in [0.2, 0.25) is 0 Å². The summed E-state index contributed by atoms with van der Waals surface area (Å²) in [6.45, 7) is 0. The van der Waals surface area contributed by atoms with Gasteiger partial charge in [0, 0.05) is 7.05 Å². The minimum absolute atomic E-state index is 0.0353. The molecule has 0 aliphatic heterocycles. The van der Waals surface area contributed by atoms with E-state index in [4.69, 9.17) is 5.26 Å². The Morgan fingerprint density at radius 1 is 1.12 bits per heavy atom. The van der Waals surface area contributed by atoms with Gasteiger partial charge in [0.25, 0.3) is 0 Å². The van der Waals surface area contributed by atoms with Crippen LogP contribution < -0.4 is 4.31 Å². The Balaban J connectivity index is 2.29. The number of alkyl halides is 3. The maximum atomic E-state index is 12.7. The van der Waals surface area contributed by atoms with Gasteiger partial charge in [0.2, 0.25) is 10.0 Å². The van der Waals surface area contributed by atoms with Crippen molar-refractivity contribution in [1.29, 1.82) is 5.26 Å². The van der Waals surface area contributed by atoms with E-state index in [0.717, 1.165) is 16.4 Å². The van der Waals surface area contributed by atoms with E-state index in [-0.39, 0.29) is 16.8 Å². The van der Waals surface area contributed by atoms with Crippen molar-refractivity contribution in [2.75, 3.05) is 11.4 Å². The average Bonchev–Trinajstić information content (AvgIpc) is 2.53. The lowest BCUT2D eigenvalue weighted by molar-refractivity contribution is -0.137. The zero-order chi connectivity index (χ0) is 18.0. The van der Waals surface area contributed by atoms with Gasteiger partial charge in [0.1, 0.15) is 0 Å². The molecule has 8 heteroatoms. The van der Waals surface area contributed by atoms with E-state index in [2.05, 4.69) is 0 Å². The molecular weight excluding hydrogens is 341 g/mol. The van der Waals surface area contributed by atoms with Crippen molar-refractivity contribution >= 4 is 15.7 Å². The molecule has 0 saturated carbocycles. The molecular formula is C16H13F3N2O2S. The summed E-state index contributed by atoms with van der Waals surface area (Å²) in [5, 5.41) is 8.86. The lowest BCUT2D eigenvalue weighted by Crippen LogP contribution is -2.28. The number of nitriles is 1. The highest BCUT2D eigenvalue weighted by Gasteiger charge is 2.31. The van der Waals surface area contributed by atoms with Gasteiger partial charge in [-0.1, -0.05) is 24.3 Å². The maximum Gasteiger partial charge on any atom is 0.416 e. The summed E-state index contributed by atoms with van der Waals surface area (Å²) in [4.78, 5) is 0. The predicted molar refractivity (Wildman–Crippen MR) is 83.6 cm³/mol. The Bertz CT molecular complexity index is 887. The van der Waals surface area contributed by atoms with Crippen molar-refractivity contribution in [3.05, 3.63) is 65.2 Å². The third-order valence-corrected chi connectivity index (χ3v) is 5.10. The highest BCUT2D eigenvalue weighted by atomic mass is 32.2. The summed E-state index contributed by atoms with van der Waals surface area (Å²) < 4.78 is 63.9. The van der Waals surface area contributed by atoms with Crippen LogP contribution in [0, 0.1) is 11.3 Å². The third kappa shape index (κ3) is 4.06. The Morgan fingerprint density at radius 3 is 2.42 bits per heavy atom. The van der Waals surface area contributed by atoms with Crippen LogP contribution in [0.5, 0.6) is 0 Å². The van der Waals surface area contributed by atoms with Crippen molar-refractivity contribution in [1.82, 2.24) is 0 Å². The van der Waals surface area contributed by atoms with Gasteiger partial charge in [0.15, 0.2) is 0 Å². The van der Waals surface area contributed by atoms with Crippen LogP contribution in [0.25, 0.3) is 0 Å². The monoisotopic (exact) mass is 354 g/mol. The standard InChI is InChI=1S/C16H13F3N2O2S/c1-21(15-7-3-4-12(9-15)10-20)24(22,23)11-13-5-2-6-14(8-13)16(17,18)19/h2-9H,11H2,1H3. The van der Waals surface area contributed by atoms with E-state index in [0.29, 0.717) is 0 Å². The Morgan fingerprint density at radius 2 is 1.79 bits per heavy atom. The Labute approximate surface area is 137 Å². The molecule has 0 heterocycles. The highest BCUT2D eigenvalue weighted by molar-refractivity contribution is 7.92. The summed E-state index contributed by atoms with van der Waals surface area (Å²) >= 11 is 0. The van der Waals surface area contributed by atoms with E-state index in [1.807, 2.05) is 6.07 Å². The lowest BCUT2D eigenvalue weighted by atomic mass is 10.1. The van der Waals surface area contributed by atoms with Gasteiger partial charge in [-0.05, 0) is 29.8 Å². The average molecular weight is 354 g/mol. The molecule has 0 unspecified atom stereocenters. The quantitative estimate of drug-likeness (QED) is 0.844. The summed E-state index contributed by atoms with van der Waals surface area (Å²) in [5.41, 5.74) is -0.313. The summed E-state index contributed by atoms with van der Waals surface area (Å²) in [6, 6.07) is 12.1. The van der Waals surface area contributed by atoms with Crippen LogP contribution in [0.4, 0.5) is 18.9 Å². The van der Waals surface area contributed by atoms with Crippen molar-refractivity contribution < 1.29 is 21.6 Å².